The van der Waals surface area contributed by atoms with Crippen molar-refractivity contribution in [3.63, 3.8) is 0 Å². The first kappa shape index (κ1) is 11.3. The molecule has 0 aromatic carbocycles. The fourth-order valence-electron chi connectivity index (χ4n) is 2.36. The molecule has 0 aliphatic carbocycles. The first-order chi connectivity index (χ1) is 7.24. The minimum Gasteiger partial charge on any atom is -0.390 e. The van der Waals surface area contributed by atoms with Gasteiger partial charge in [0.15, 0.2) is 0 Å². The van der Waals surface area contributed by atoms with E-state index in [4.69, 9.17) is 5.11 Å². The van der Waals surface area contributed by atoms with Gasteiger partial charge in [0.25, 0.3) is 0 Å². The van der Waals surface area contributed by atoms with Gasteiger partial charge in [-0.3, -0.25) is 4.90 Å². The van der Waals surface area contributed by atoms with Crippen molar-refractivity contribution in [2.75, 3.05) is 46.4 Å². The Morgan fingerprint density at radius 2 is 1.93 bits per heavy atom. The number of likely N-dealkylation sites (tertiary alicyclic amines) is 2. The molecule has 4 nitrogen and oxygen atoms in total. The van der Waals surface area contributed by atoms with Crippen molar-refractivity contribution in [2.45, 2.75) is 18.9 Å². The third-order valence-corrected chi connectivity index (χ3v) is 3.54. The van der Waals surface area contributed by atoms with Crippen LogP contribution in [0.4, 0.5) is 0 Å². The van der Waals surface area contributed by atoms with E-state index in [1.165, 1.54) is 25.9 Å². The van der Waals surface area contributed by atoms with Crippen LogP contribution in [0, 0.1) is 5.92 Å². The lowest BCUT2D eigenvalue weighted by atomic mass is 9.97. The molecule has 15 heavy (non-hydrogen) atoms. The van der Waals surface area contributed by atoms with E-state index in [-0.39, 0.29) is 6.10 Å². The summed E-state index contributed by atoms with van der Waals surface area (Å²) in [4.78, 5) is 4.65. The second kappa shape index (κ2) is 5.25. The maximum absolute atomic E-state index is 9.12. The van der Waals surface area contributed by atoms with Gasteiger partial charge in [0.2, 0.25) is 0 Å². The van der Waals surface area contributed by atoms with Crippen LogP contribution in [0.1, 0.15) is 12.8 Å². The van der Waals surface area contributed by atoms with E-state index in [9.17, 15) is 0 Å². The standard InChI is InChI=1S/C11H23N3O/c1-13-4-2-10(3-5-13)6-12-9-14-7-11(15)8-14/h10-12,15H,2-9H2,1H3. The van der Waals surface area contributed by atoms with Gasteiger partial charge in [-0.05, 0) is 45.4 Å². The molecule has 4 heteroatoms. The number of nitrogens with one attached hydrogen (secondary N) is 1. The van der Waals surface area contributed by atoms with E-state index in [2.05, 4.69) is 22.2 Å². The van der Waals surface area contributed by atoms with Crippen LogP contribution in [0.3, 0.4) is 0 Å². The number of rotatable bonds is 4. The van der Waals surface area contributed by atoms with Crippen molar-refractivity contribution in [1.82, 2.24) is 15.1 Å². The van der Waals surface area contributed by atoms with Crippen molar-refractivity contribution < 1.29 is 5.11 Å². The van der Waals surface area contributed by atoms with Gasteiger partial charge in [-0.1, -0.05) is 0 Å². The van der Waals surface area contributed by atoms with Crippen LogP contribution in [0.15, 0.2) is 0 Å². The maximum atomic E-state index is 9.12. The zero-order valence-corrected chi connectivity index (χ0v) is 9.65. The number of aliphatic hydroxyl groups excluding tert-OH is 1. The van der Waals surface area contributed by atoms with Gasteiger partial charge in [-0.15, -0.1) is 0 Å². The third-order valence-electron chi connectivity index (χ3n) is 3.54. The summed E-state index contributed by atoms with van der Waals surface area (Å²) >= 11 is 0. The van der Waals surface area contributed by atoms with Crippen molar-refractivity contribution in [3.8, 4) is 0 Å². The molecule has 2 aliphatic rings. The summed E-state index contributed by atoms with van der Waals surface area (Å²) in [6.45, 7) is 6.27. The molecule has 0 aromatic rings. The summed E-state index contributed by atoms with van der Waals surface area (Å²) in [5.41, 5.74) is 0. The lowest BCUT2D eigenvalue weighted by Gasteiger charge is -2.36. The minimum atomic E-state index is -0.0740. The molecule has 2 heterocycles. The first-order valence-corrected chi connectivity index (χ1v) is 6.03. The van der Waals surface area contributed by atoms with Gasteiger partial charge in [0.1, 0.15) is 0 Å². The second-order valence-corrected chi connectivity index (χ2v) is 5.05. The van der Waals surface area contributed by atoms with Crippen LogP contribution in [0.5, 0.6) is 0 Å². The zero-order chi connectivity index (χ0) is 10.7. The monoisotopic (exact) mass is 213 g/mol. The van der Waals surface area contributed by atoms with Gasteiger partial charge < -0.3 is 15.3 Å². The zero-order valence-electron chi connectivity index (χ0n) is 9.65. The van der Waals surface area contributed by atoms with Crippen LogP contribution in [-0.2, 0) is 0 Å². The van der Waals surface area contributed by atoms with Crippen LogP contribution < -0.4 is 5.32 Å². The molecule has 0 radical (unpaired) electrons. The fourth-order valence-corrected chi connectivity index (χ4v) is 2.36. The highest BCUT2D eigenvalue weighted by Crippen LogP contribution is 2.14. The van der Waals surface area contributed by atoms with Crippen LogP contribution >= 0.6 is 0 Å². The first-order valence-electron chi connectivity index (χ1n) is 6.03. The number of β-amino-alcohol motifs (C(OH)–C–C–N with tert-alkyl or cyclic N) is 1. The van der Waals surface area contributed by atoms with Gasteiger partial charge >= 0.3 is 0 Å². The molecule has 0 unspecified atom stereocenters. The van der Waals surface area contributed by atoms with Gasteiger partial charge in [-0.25, -0.2) is 0 Å². The van der Waals surface area contributed by atoms with Crippen LogP contribution in [0.25, 0.3) is 0 Å². The lowest BCUT2D eigenvalue weighted by molar-refractivity contribution is -0.00324. The third kappa shape index (κ3) is 3.41. The summed E-state index contributed by atoms with van der Waals surface area (Å²) in [5, 5.41) is 12.6. The Bertz CT molecular complexity index is 186. The van der Waals surface area contributed by atoms with Gasteiger partial charge in [0.05, 0.1) is 6.10 Å². The molecule has 2 rings (SSSR count). The molecule has 0 amide bonds. The minimum absolute atomic E-state index is 0.0740. The molecule has 2 aliphatic heterocycles. The Labute approximate surface area is 92.2 Å². The highest BCUT2D eigenvalue weighted by Gasteiger charge is 2.23. The average molecular weight is 213 g/mol. The molecule has 2 fully saturated rings. The predicted octanol–water partition coefficient (Wildman–Crippen LogP) is -0.448. The van der Waals surface area contributed by atoms with Crippen LogP contribution in [0.2, 0.25) is 0 Å². The number of nitrogens with zero attached hydrogens (tertiary/aromatic N) is 2. The van der Waals surface area contributed by atoms with Crippen molar-refractivity contribution in [3.05, 3.63) is 0 Å². The molecule has 2 N–H and O–H groups in total. The second-order valence-electron chi connectivity index (χ2n) is 5.05. The number of hydrogen-bond donors (Lipinski definition) is 2. The summed E-state index contributed by atoms with van der Waals surface area (Å²) in [6, 6.07) is 0. The summed E-state index contributed by atoms with van der Waals surface area (Å²) in [7, 11) is 2.20. The van der Waals surface area contributed by atoms with E-state index in [0.717, 1.165) is 32.2 Å². The quantitative estimate of drug-likeness (QED) is 0.663. The highest BCUT2D eigenvalue weighted by atomic mass is 16.3. The van der Waals surface area contributed by atoms with Gasteiger partial charge in [-0.2, -0.15) is 0 Å². The molecule has 88 valence electrons. The molecule has 0 aromatic heterocycles. The lowest BCUT2D eigenvalue weighted by Crippen LogP contribution is -2.54. The topological polar surface area (TPSA) is 38.7 Å². The molecular formula is C11H23N3O. The Kier molecular flexibility index (Phi) is 3.97. The summed E-state index contributed by atoms with van der Waals surface area (Å²) in [6.07, 6.45) is 2.58. The van der Waals surface area contributed by atoms with Crippen molar-refractivity contribution in [2.24, 2.45) is 5.92 Å². The summed E-state index contributed by atoms with van der Waals surface area (Å²) in [5.74, 6) is 0.854. The van der Waals surface area contributed by atoms with E-state index in [0.29, 0.717) is 0 Å². The van der Waals surface area contributed by atoms with Gasteiger partial charge in [0, 0.05) is 19.8 Å². The Balaban J connectivity index is 1.51. The Hall–Kier alpha value is -0.160. The number of piperidine rings is 1. The van der Waals surface area contributed by atoms with E-state index < -0.39 is 0 Å². The fraction of sp³-hybridized carbons (Fsp3) is 1.00. The average Bonchev–Trinajstić information content (AvgIpc) is 2.18. The molecular weight excluding hydrogens is 190 g/mol. The molecule has 2 saturated heterocycles. The number of hydrogen-bond acceptors (Lipinski definition) is 4. The van der Waals surface area contributed by atoms with E-state index in [1.54, 1.807) is 0 Å². The molecule has 0 atom stereocenters. The summed E-state index contributed by atoms with van der Waals surface area (Å²) < 4.78 is 0. The largest absolute Gasteiger partial charge is 0.390 e. The Morgan fingerprint density at radius 3 is 2.53 bits per heavy atom. The predicted molar refractivity (Wildman–Crippen MR) is 60.7 cm³/mol. The van der Waals surface area contributed by atoms with Crippen LogP contribution in [-0.4, -0.2) is 67.5 Å². The van der Waals surface area contributed by atoms with E-state index in [1.807, 2.05) is 0 Å². The number of aliphatic hydroxyl groups is 1. The normalized spacial score (nSPS) is 26.8. The van der Waals surface area contributed by atoms with E-state index >= 15 is 0 Å². The smallest absolute Gasteiger partial charge is 0.0794 e. The van der Waals surface area contributed by atoms with Crippen molar-refractivity contribution in [1.29, 1.82) is 0 Å². The SMILES string of the molecule is CN1CCC(CNCN2CC(O)C2)CC1. The molecule has 0 bridgehead atoms. The molecule has 0 saturated carbocycles. The molecule has 0 spiro atoms. The van der Waals surface area contributed by atoms with Crippen molar-refractivity contribution >= 4 is 0 Å². The maximum Gasteiger partial charge on any atom is 0.0794 e. The highest BCUT2D eigenvalue weighted by molar-refractivity contribution is 4.78. The Morgan fingerprint density at radius 1 is 1.27 bits per heavy atom.